The number of rotatable bonds is 5. The quantitative estimate of drug-likeness (QED) is 0.872. The Bertz CT molecular complexity index is 698. The normalized spacial score (nSPS) is 18.3. The SMILES string of the molecule is O=C(O)CN(C1CCC1)S(=O)(=O)c1cccc2c1OCCCO2. The first-order chi connectivity index (χ1) is 11.0. The Morgan fingerprint density at radius 3 is 2.61 bits per heavy atom. The molecule has 0 aromatic heterocycles. The number of ether oxygens (including phenoxy) is 2. The summed E-state index contributed by atoms with van der Waals surface area (Å²) < 4.78 is 38.2. The minimum absolute atomic E-state index is 0.0231. The van der Waals surface area contributed by atoms with Gasteiger partial charge in [0.05, 0.1) is 13.2 Å². The Balaban J connectivity index is 2.02. The second-order valence-electron chi connectivity index (χ2n) is 5.66. The Labute approximate surface area is 134 Å². The van der Waals surface area contributed by atoms with E-state index in [-0.39, 0.29) is 16.7 Å². The van der Waals surface area contributed by atoms with Gasteiger partial charge in [0.1, 0.15) is 11.4 Å². The van der Waals surface area contributed by atoms with Crippen molar-refractivity contribution in [3.8, 4) is 11.5 Å². The second kappa shape index (κ2) is 6.37. The fraction of sp³-hybridized carbons (Fsp3) is 0.533. The molecule has 1 aromatic rings. The van der Waals surface area contributed by atoms with Crippen molar-refractivity contribution in [3.63, 3.8) is 0 Å². The first kappa shape index (κ1) is 16.1. The average molecular weight is 341 g/mol. The van der Waals surface area contributed by atoms with Crippen LogP contribution in [0.4, 0.5) is 0 Å². The molecule has 0 unspecified atom stereocenters. The Kier molecular flexibility index (Phi) is 4.45. The van der Waals surface area contributed by atoms with E-state index in [9.17, 15) is 13.2 Å². The van der Waals surface area contributed by atoms with Gasteiger partial charge in [-0.2, -0.15) is 4.31 Å². The monoisotopic (exact) mass is 341 g/mol. The Hall–Kier alpha value is -1.80. The van der Waals surface area contributed by atoms with Crippen LogP contribution in [-0.4, -0.2) is 49.6 Å². The van der Waals surface area contributed by atoms with Gasteiger partial charge in [0.15, 0.2) is 11.5 Å². The van der Waals surface area contributed by atoms with Crippen molar-refractivity contribution in [3.05, 3.63) is 18.2 Å². The van der Waals surface area contributed by atoms with E-state index in [4.69, 9.17) is 14.6 Å². The van der Waals surface area contributed by atoms with Crippen molar-refractivity contribution in [2.45, 2.75) is 36.6 Å². The highest BCUT2D eigenvalue weighted by Gasteiger charge is 2.38. The maximum absolute atomic E-state index is 13.0. The van der Waals surface area contributed by atoms with Gasteiger partial charge in [-0.05, 0) is 25.0 Å². The van der Waals surface area contributed by atoms with Gasteiger partial charge in [-0.1, -0.05) is 12.5 Å². The molecule has 1 N–H and O–H groups in total. The van der Waals surface area contributed by atoms with Gasteiger partial charge in [0.25, 0.3) is 0 Å². The van der Waals surface area contributed by atoms with Crippen molar-refractivity contribution >= 4 is 16.0 Å². The number of aliphatic carboxylic acids is 1. The summed E-state index contributed by atoms with van der Waals surface area (Å²) in [5.41, 5.74) is 0. The molecule has 1 heterocycles. The van der Waals surface area contributed by atoms with Crippen molar-refractivity contribution in [2.75, 3.05) is 19.8 Å². The van der Waals surface area contributed by atoms with E-state index in [1.165, 1.54) is 6.07 Å². The van der Waals surface area contributed by atoms with E-state index in [2.05, 4.69) is 0 Å². The first-order valence-electron chi connectivity index (χ1n) is 7.62. The maximum atomic E-state index is 13.0. The van der Waals surface area contributed by atoms with E-state index in [1.54, 1.807) is 12.1 Å². The molecule has 23 heavy (non-hydrogen) atoms. The van der Waals surface area contributed by atoms with E-state index in [0.717, 1.165) is 10.7 Å². The molecule has 7 nitrogen and oxygen atoms in total. The third-order valence-corrected chi connectivity index (χ3v) is 6.02. The maximum Gasteiger partial charge on any atom is 0.318 e. The van der Waals surface area contributed by atoms with E-state index < -0.39 is 22.5 Å². The number of hydrogen-bond donors (Lipinski definition) is 1. The van der Waals surface area contributed by atoms with Gasteiger partial charge in [-0.15, -0.1) is 0 Å². The van der Waals surface area contributed by atoms with Crippen LogP contribution in [0.15, 0.2) is 23.1 Å². The van der Waals surface area contributed by atoms with Gasteiger partial charge in [0.2, 0.25) is 10.0 Å². The summed E-state index contributed by atoms with van der Waals surface area (Å²) in [4.78, 5) is 11.1. The number of sulfonamides is 1. The molecule has 2 aliphatic rings. The molecule has 1 fully saturated rings. The zero-order valence-corrected chi connectivity index (χ0v) is 13.4. The standard InChI is InChI=1S/C15H19NO6S/c17-14(18)10-16(11-4-1-5-11)23(19,20)13-7-2-6-12-15(13)22-9-3-8-21-12/h2,6-7,11H,1,3-5,8-10H2,(H,17,18). The topological polar surface area (TPSA) is 93.1 Å². The zero-order chi connectivity index (χ0) is 16.4. The lowest BCUT2D eigenvalue weighted by atomic mass is 9.93. The van der Waals surface area contributed by atoms with Gasteiger partial charge < -0.3 is 14.6 Å². The number of carboxylic acid groups (broad SMARTS) is 1. The van der Waals surface area contributed by atoms with Crippen molar-refractivity contribution < 1.29 is 27.8 Å². The molecule has 0 saturated heterocycles. The molecule has 1 aliphatic heterocycles. The number of hydrogen-bond acceptors (Lipinski definition) is 5. The number of para-hydroxylation sites is 1. The molecule has 0 amide bonds. The van der Waals surface area contributed by atoms with Crippen molar-refractivity contribution in [2.24, 2.45) is 0 Å². The Morgan fingerprint density at radius 2 is 1.96 bits per heavy atom. The lowest BCUT2D eigenvalue weighted by Gasteiger charge is -2.35. The fourth-order valence-electron chi connectivity index (χ4n) is 2.71. The highest BCUT2D eigenvalue weighted by atomic mass is 32.2. The lowest BCUT2D eigenvalue weighted by Crippen LogP contribution is -2.46. The molecule has 0 radical (unpaired) electrons. The van der Waals surface area contributed by atoms with Crippen LogP contribution in [0.2, 0.25) is 0 Å². The summed E-state index contributed by atoms with van der Waals surface area (Å²) in [6, 6.07) is 4.42. The van der Waals surface area contributed by atoms with Crippen LogP contribution in [0, 0.1) is 0 Å². The van der Waals surface area contributed by atoms with Crippen LogP contribution in [0.3, 0.4) is 0 Å². The molecule has 126 valence electrons. The molecule has 0 bridgehead atoms. The molecular formula is C15H19NO6S. The number of fused-ring (bicyclic) bond motifs is 1. The molecular weight excluding hydrogens is 322 g/mol. The van der Waals surface area contributed by atoms with E-state index >= 15 is 0 Å². The van der Waals surface area contributed by atoms with E-state index in [0.29, 0.717) is 38.2 Å². The number of benzene rings is 1. The minimum Gasteiger partial charge on any atom is -0.490 e. The van der Waals surface area contributed by atoms with Gasteiger partial charge in [0, 0.05) is 12.5 Å². The summed E-state index contributed by atoms with van der Waals surface area (Å²) in [7, 11) is -3.97. The number of carbonyl (C=O) groups is 1. The predicted octanol–water partition coefficient (Wildman–Crippen LogP) is 1.48. The average Bonchev–Trinajstić information content (AvgIpc) is 2.69. The molecule has 3 rings (SSSR count). The van der Waals surface area contributed by atoms with Gasteiger partial charge in [-0.3, -0.25) is 4.79 Å². The van der Waals surface area contributed by atoms with Crippen LogP contribution in [0.25, 0.3) is 0 Å². The lowest BCUT2D eigenvalue weighted by molar-refractivity contribution is -0.137. The predicted molar refractivity (Wildman–Crippen MR) is 81.2 cm³/mol. The van der Waals surface area contributed by atoms with Crippen LogP contribution < -0.4 is 9.47 Å². The van der Waals surface area contributed by atoms with Gasteiger partial charge >= 0.3 is 5.97 Å². The zero-order valence-electron chi connectivity index (χ0n) is 12.6. The van der Waals surface area contributed by atoms with Crippen LogP contribution in [0.5, 0.6) is 11.5 Å². The summed E-state index contributed by atoms with van der Waals surface area (Å²) >= 11 is 0. The van der Waals surface area contributed by atoms with Crippen molar-refractivity contribution in [1.82, 2.24) is 4.31 Å². The third kappa shape index (κ3) is 3.13. The molecule has 0 spiro atoms. The fourth-order valence-corrected chi connectivity index (χ4v) is 4.50. The van der Waals surface area contributed by atoms with Crippen LogP contribution >= 0.6 is 0 Å². The van der Waals surface area contributed by atoms with Crippen LogP contribution in [0.1, 0.15) is 25.7 Å². The summed E-state index contributed by atoms with van der Waals surface area (Å²) in [5.74, 6) is -0.605. The summed E-state index contributed by atoms with van der Waals surface area (Å²) in [6.07, 6.45) is 2.93. The molecule has 8 heteroatoms. The molecule has 0 atom stereocenters. The van der Waals surface area contributed by atoms with E-state index in [1.807, 2.05) is 0 Å². The Morgan fingerprint density at radius 1 is 1.22 bits per heavy atom. The van der Waals surface area contributed by atoms with Crippen LogP contribution in [-0.2, 0) is 14.8 Å². The first-order valence-corrected chi connectivity index (χ1v) is 9.06. The second-order valence-corrected chi connectivity index (χ2v) is 7.52. The van der Waals surface area contributed by atoms with Crippen molar-refractivity contribution in [1.29, 1.82) is 0 Å². The molecule has 1 saturated carbocycles. The number of nitrogens with zero attached hydrogens (tertiary/aromatic N) is 1. The third-order valence-electron chi connectivity index (χ3n) is 4.10. The highest BCUT2D eigenvalue weighted by Crippen LogP contribution is 2.39. The molecule has 1 aliphatic carbocycles. The largest absolute Gasteiger partial charge is 0.490 e. The highest BCUT2D eigenvalue weighted by molar-refractivity contribution is 7.89. The summed E-state index contributed by atoms with van der Waals surface area (Å²) in [6.45, 7) is 0.275. The minimum atomic E-state index is -3.97. The molecule has 1 aromatic carbocycles. The smallest absolute Gasteiger partial charge is 0.318 e. The number of carboxylic acids is 1. The van der Waals surface area contributed by atoms with Gasteiger partial charge in [-0.25, -0.2) is 8.42 Å². The summed E-state index contributed by atoms with van der Waals surface area (Å²) in [5, 5.41) is 9.08.